The van der Waals surface area contributed by atoms with Crippen LogP contribution in [0, 0.1) is 5.92 Å². The fourth-order valence-corrected chi connectivity index (χ4v) is 3.66. The number of piperidine rings is 1. The first-order valence-corrected chi connectivity index (χ1v) is 9.91. The molecule has 1 amide bonds. The Hall–Kier alpha value is -2.92. The van der Waals surface area contributed by atoms with Crippen LogP contribution in [0.5, 0.6) is 0 Å². The fraction of sp³-hybridized carbons (Fsp3) is 0.304. The minimum Gasteiger partial charge on any atom is -0.436 e. The third-order valence-corrected chi connectivity index (χ3v) is 5.20. The molecule has 28 heavy (non-hydrogen) atoms. The van der Waals surface area contributed by atoms with Crippen LogP contribution in [0.1, 0.15) is 29.6 Å². The molecule has 4 rings (SSSR count). The predicted molar refractivity (Wildman–Crippen MR) is 110 cm³/mol. The molecule has 1 aromatic heterocycles. The Kier molecular flexibility index (Phi) is 5.83. The van der Waals surface area contributed by atoms with Crippen molar-refractivity contribution in [1.82, 2.24) is 15.6 Å². The van der Waals surface area contributed by atoms with Crippen LogP contribution in [0.15, 0.2) is 65.2 Å². The summed E-state index contributed by atoms with van der Waals surface area (Å²) >= 11 is 0. The first kappa shape index (κ1) is 18.4. The van der Waals surface area contributed by atoms with Gasteiger partial charge in [0.1, 0.15) is 0 Å². The molecule has 2 aromatic carbocycles. The van der Waals surface area contributed by atoms with Crippen LogP contribution in [0.4, 0.5) is 0 Å². The smallest absolute Gasteiger partial charge is 0.252 e. The van der Waals surface area contributed by atoms with E-state index in [-0.39, 0.29) is 5.91 Å². The molecule has 5 nitrogen and oxygen atoms in total. The number of carbonyl (C=O) groups excluding carboxylic acids is 1. The van der Waals surface area contributed by atoms with Gasteiger partial charge in [-0.1, -0.05) is 42.5 Å². The van der Waals surface area contributed by atoms with E-state index in [4.69, 9.17) is 4.42 Å². The molecule has 2 N–H and O–H groups in total. The van der Waals surface area contributed by atoms with Gasteiger partial charge in [-0.2, -0.15) is 0 Å². The molecule has 0 saturated carbocycles. The highest BCUT2D eigenvalue weighted by atomic mass is 16.4. The van der Waals surface area contributed by atoms with Gasteiger partial charge in [-0.3, -0.25) is 4.79 Å². The van der Waals surface area contributed by atoms with Gasteiger partial charge in [-0.15, -0.1) is 0 Å². The normalized spacial score (nSPS) is 16.6. The molecule has 1 fully saturated rings. The molecule has 1 aliphatic heterocycles. The van der Waals surface area contributed by atoms with Gasteiger partial charge < -0.3 is 15.1 Å². The van der Waals surface area contributed by atoms with Crippen LogP contribution in [-0.4, -0.2) is 30.5 Å². The van der Waals surface area contributed by atoms with E-state index in [1.165, 1.54) is 12.8 Å². The lowest BCUT2D eigenvalue weighted by molar-refractivity contribution is 0.0951. The van der Waals surface area contributed by atoms with Crippen LogP contribution in [0.2, 0.25) is 0 Å². The minimum absolute atomic E-state index is 0.0844. The Morgan fingerprint density at radius 2 is 1.96 bits per heavy atom. The topological polar surface area (TPSA) is 67.2 Å². The molecular formula is C23H25N3O2. The average Bonchev–Trinajstić information content (AvgIpc) is 3.25. The van der Waals surface area contributed by atoms with Crippen molar-refractivity contribution in [3.8, 4) is 22.8 Å². The van der Waals surface area contributed by atoms with Crippen molar-refractivity contribution in [3.63, 3.8) is 0 Å². The van der Waals surface area contributed by atoms with Crippen molar-refractivity contribution in [2.45, 2.75) is 19.3 Å². The Labute approximate surface area is 165 Å². The Morgan fingerprint density at radius 1 is 1.14 bits per heavy atom. The summed E-state index contributed by atoms with van der Waals surface area (Å²) in [5, 5.41) is 6.48. The van der Waals surface area contributed by atoms with E-state index in [1.807, 2.05) is 54.6 Å². The zero-order valence-electron chi connectivity index (χ0n) is 15.9. The lowest BCUT2D eigenvalue weighted by Gasteiger charge is -2.22. The molecule has 0 bridgehead atoms. The van der Waals surface area contributed by atoms with E-state index in [1.54, 1.807) is 6.20 Å². The number of carbonyl (C=O) groups is 1. The molecule has 1 saturated heterocycles. The molecule has 0 radical (unpaired) electrons. The maximum absolute atomic E-state index is 12.8. The lowest BCUT2D eigenvalue weighted by Crippen LogP contribution is -2.33. The van der Waals surface area contributed by atoms with Gasteiger partial charge in [0.25, 0.3) is 5.91 Å². The van der Waals surface area contributed by atoms with Crippen LogP contribution >= 0.6 is 0 Å². The number of nitrogens with one attached hydrogen (secondary N) is 2. The van der Waals surface area contributed by atoms with Gasteiger partial charge >= 0.3 is 0 Å². The second-order valence-corrected chi connectivity index (χ2v) is 7.20. The summed E-state index contributed by atoms with van der Waals surface area (Å²) < 4.78 is 5.95. The van der Waals surface area contributed by atoms with Crippen molar-refractivity contribution >= 4 is 5.91 Å². The predicted octanol–water partition coefficient (Wildman–Crippen LogP) is 4.13. The van der Waals surface area contributed by atoms with Crippen molar-refractivity contribution < 1.29 is 9.21 Å². The first-order chi connectivity index (χ1) is 13.8. The lowest BCUT2D eigenvalue weighted by atomic mass is 9.96. The zero-order valence-corrected chi connectivity index (χ0v) is 15.9. The van der Waals surface area contributed by atoms with E-state index < -0.39 is 0 Å². The molecule has 0 aliphatic carbocycles. The summed E-state index contributed by atoms with van der Waals surface area (Å²) in [6.07, 6.45) is 5.15. The summed E-state index contributed by atoms with van der Waals surface area (Å²) in [5.41, 5.74) is 2.26. The van der Waals surface area contributed by atoms with E-state index in [0.717, 1.165) is 25.1 Å². The molecule has 2 heterocycles. The van der Waals surface area contributed by atoms with Crippen LogP contribution in [-0.2, 0) is 0 Å². The first-order valence-electron chi connectivity index (χ1n) is 9.91. The summed E-state index contributed by atoms with van der Waals surface area (Å²) in [5.74, 6) is 1.71. The Morgan fingerprint density at radius 3 is 2.79 bits per heavy atom. The highest BCUT2D eigenvalue weighted by Gasteiger charge is 2.18. The van der Waals surface area contributed by atoms with Crippen molar-refractivity contribution in [1.29, 1.82) is 0 Å². The zero-order chi connectivity index (χ0) is 19.2. The van der Waals surface area contributed by atoms with Crippen LogP contribution in [0.25, 0.3) is 22.8 Å². The average molecular weight is 375 g/mol. The number of nitrogens with zero attached hydrogens (tertiary/aromatic N) is 1. The van der Waals surface area contributed by atoms with Gasteiger partial charge in [0.05, 0.1) is 11.8 Å². The van der Waals surface area contributed by atoms with Gasteiger partial charge in [0.2, 0.25) is 5.89 Å². The third-order valence-electron chi connectivity index (χ3n) is 5.20. The molecule has 3 aromatic rings. The highest BCUT2D eigenvalue weighted by molar-refractivity contribution is 6.00. The molecule has 1 unspecified atom stereocenters. The van der Waals surface area contributed by atoms with Crippen LogP contribution < -0.4 is 10.6 Å². The summed E-state index contributed by atoms with van der Waals surface area (Å²) in [4.78, 5) is 17.2. The van der Waals surface area contributed by atoms with Crippen LogP contribution in [0.3, 0.4) is 0 Å². The van der Waals surface area contributed by atoms with Crippen molar-refractivity contribution in [2.75, 3.05) is 19.6 Å². The van der Waals surface area contributed by atoms with Gasteiger partial charge in [-0.25, -0.2) is 4.98 Å². The standard InChI is InChI=1S/C23H25N3O2/c27-22(25-14-12-17-7-6-13-24-15-17)19-10-4-5-11-20(19)23-26-16-21(28-23)18-8-2-1-3-9-18/h1-5,8-11,16-17,24H,6-7,12-15H2,(H,25,27). The minimum atomic E-state index is -0.0844. The second-order valence-electron chi connectivity index (χ2n) is 7.20. The molecular weight excluding hydrogens is 350 g/mol. The number of hydrogen-bond donors (Lipinski definition) is 2. The molecule has 0 spiro atoms. The van der Waals surface area contributed by atoms with Gasteiger partial charge in [-0.05, 0) is 50.4 Å². The number of aromatic nitrogens is 1. The summed E-state index contributed by atoms with van der Waals surface area (Å²) in [7, 11) is 0. The number of amides is 1. The molecule has 5 heteroatoms. The third kappa shape index (κ3) is 4.31. The van der Waals surface area contributed by atoms with Gasteiger partial charge in [0.15, 0.2) is 5.76 Å². The Bertz CT molecular complexity index is 914. The van der Waals surface area contributed by atoms with Crippen molar-refractivity contribution in [2.24, 2.45) is 5.92 Å². The quantitative estimate of drug-likeness (QED) is 0.680. The maximum Gasteiger partial charge on any atom is 0.252 e. The van der Waals surface area contributed by atoms with Crippen molar-refractivity contribution in [3.05, 3.63) is 66.4 Å². The highest BCUT2D eigenvalue weighted by Crippen LogP contribution is 2.28. The van der Waals surface area contributed by atoms with Gasteiger partial charge in [0, 0.05) is 17.7 Å². The van der Waals surface area contributed by atoms with E-state index in [2.05, 4.69) is 15.6 Å². The monoisotopic (exact) mass is 375 g/mol. The largest absolute Gasteiger partial charge is 0.436 e. The summed E-state index contributed by atoms with van der Waals surface area (Å²) in [6, 6.07) is 17.3. The number of hydrogen-bond acceptors (Lipinski definition) is 4. The molecule has 1 aliphatic rings. The fourth-order valence-electron chi connectivity index (χ4n) is 3.66. The number of rotatable bonds is 6. The number of oxazole rings is 1. The molecule has 144 valence electrons. The SMILES string of the molecule is O=C(NCCC1CCCNC1)c1ccccc1-c1ncc(-c2ccccc2)o1. The number of benzene rings is 2. The van der Waals surface area contributed by atoms with E-state index in [0.29, 0.717) is 35.2 Å². The van der Waals surface area contributed by atoms with E-state index >= 15 is 0 Å². The molecule has 1 atom stereocenters. The summed E-state index contributed by atoms with van der Waals surface area (Å²) in [6.45, 7) is 2.84. The van der Waals surface area contributed by atoms with E-state index in [9.17, 15) is 4.79 Å². The second kappa shape index (κ2) is 8.85. The maximum atomic E-state index is 12.8. The Balaban J connectivity index is 1.46.